The Bertz CT molecular complexity index is 742. The average molecular weight is 366 g/mol. The molecule has 1 aromatic heterocycles. The molecule has 0 amide bonds. The maximum absolute atomic E-state index is 12.9. The molecule has 0 bridgehead atoms. The molecule has 0 aliphatic carbocycles. The van der Waals surface area contributed by atoms with Crippen LogP contribution in [0.1, 0.15) is 33.3 Å². The standard InChI is InChI=1S/C17H19FN2O2S2/c1-4-22-16(21)14-10(2)11(3)24-15(14)20-17(23)19-9-12-5-7-13(18)8-6-12/h5-8H,4,9H2,1-3H3,(H2,19,20,23). The number of carbonyl (C=O) groups is 1. The van der Waals surface area contributed by atoms with Gasteiger partial charge in [-0.15, -0.1) is 11.3 Å². The summed E-state index contributed by atoms with van der Waals surface area (Å²) in [5.74, 6) is -0.633. The first-order chi connectivity index (χ1) is 11.4. The van der Waals surface area contributed by atoms with Gasteiger partial charge in [-0.3, -0.25) is 0 Å². The van der Waals surface area contributed by atoms with E-state index in [0.717, 1.165) is 16.0 Å². The van der Waals surface area contributed by atoms with Crippen LogP contribution in [-0.4, -0.2) is 17.7 Å². The first-order valence-electron chi connectivity index (χ1n) is 7.48. The van der Waals surface area contributed by atoms with Crippen molar-refractivity contribution < 1.29 is 13.9 Å². The summed E-state index contributed by atoms with van der Waals surface area (Å²) in [6, 6.07) is 6.18. The molecule has 0 fully saturated rings. The first kappa shape index (κ1) is 18.4. The van der Waals surface area contributed by atoms with E-state index in [2.05, 4.69) is 10.6 Å². The van der Waals surface area contributed by atoms with E-state index in [1.165, 1.54) is 23.5 Å². The van der Waals surface area contributed by atoms with Gasteiger partial charge in [0.2, 0.25) is 0 Å². The summed E-state index contributed by atoms with van der Waals surface area (Å²) in [4.78, 5) is 13.2. The van der Waals surface area contributed by atoms with Crippen molar-refractivity contribution in [3.8, 4) is 0 Å². The van der Waals surface area contributed by atoms with Gasteiger partial charge in [0.25, 0.3) is 0 Å². The zero-order valence-electron chi connectivity index (χ0n) is 13.7. The Hall–Kier alpha value is -1.99. The van der Waals surface area contributed by atoms with E-state index in [1.807, 2.05) is 13.8 Å². The highest BCUT2D eigenvalue weighted by Crippen LogP contribution is 2.33. The van der Waals surface area contributed by atoms with Gasteiger partial charge < -0.3 is 15.4 Å². The van der Waals surface area contributed by atoms with E-state index in [0.29, 0.717) is 28.8 Å². The summed E-state index contributed by atoms with van der Waals surface area (Å²) >= 11 is 6.74. The van der Waals surface area contributed by atoms with E-state index in [9.17, 15) is 9.18 Å². The van der Waals surface area contributed by atoms with Crippen LogP contribution in [-0.2, 0) is 11.3 Å². The maximum atomic E-state index is 12.9. The van der Waals surface area contributed by atoms with Crippen molar-refractivity contribution in [2.45, 2.75) is 27.3 Å². The van der Waals surface area contributed by atoms with Crippen molar-refractivity contribution in [1.82, 2.24) is 5.32 Å². The van der Waals surface area contributed by atoms with E-state index in [4.69, 9.17) is 17.0 Å². The van der Waals surface area contributed by atoms with Gasteiger partial charge in [-0.1, -0.05) is 12.1 Å². The number of rotatable bonds is 5. The summed E-state index contributed by atoms with van der Waals surface area (Å²) in [6.07, 6.45) is 0. The molecule has 0 aliphatic rings. The molecule has 4 nitrogen and oxygen atoms in total. The highest BCUT2D eigenvalue weighted by molar-refractivity contribution is 7.80. The Labute approximate surface area is 150 Å². The average Bonchev–Trinajstić information content (AvgIpc) is 2.81. The lowest BCUT2D eigenvalue weighted by molar-refractivity contribution is 0.0527. The number of anilines is 1. The molecule has 24 heavy (non-hydrogen) atoms. The largest absolute Gasteiger partial charge is 0.462 e. The van der Waals surface area contributed by atoms with Crippen molar-refractivity contribution in [2.24, 2.45) is 0 Å². The fourth-order valence-electron chi connectivity index (χ4n) is 2.10. The lowest BCUT2D eigenvalue weighted by Crippen LogP contribution is -2.28. The molecule has 0 spiro atoms. The van der Waals surface area contributed by atoms with Crippen LogP contribution in [0.25, 0.3) is 0 Å². The van der Waals surface area contributed by atoms with Gasteiger partial charge in [0.05, 0.1) is 12.2 Å². The minimum absolute atomic E-state index is 0.275. The van der Waals surface area contributed by atoms with Crippen LogP contribution in [0.15, 0.2) is 24.3 Å². The first-order valence-corrected chi connectivity index (χ1v) is 8.71. The van der Waals surface area contributed by atoms with Gasteiger partial charge in [-0.2, -0.15) is 0 Å². The van der Waals surface area contributed by atoms with E-state index < -0.39 is 0 Å². The molecule has 2 N–H and O–H groups in total. The fourth-order valence-corrected chi connectivity index (χ4v) is 3.39. The maximum Gasteiger partial charge on any atom is 0.341 e. The highest BCUT2D eigenvalue weighted by Gasteiger charge is 2.21. The van der Waals surface area contributed by atoms with Crippen molar-refractivity contribution in [3.05, 3.63) is 51.7 Å². The number of ether oxygens (including phenoxy) is 1. The molecule has 1 heterocycles. The summed E-state index contributed by atoms with van der Waals surface area (Å²) in [7, 11) is 0. The highest BCUT2D eigenvalue weighted by atomic mass is 32.1. The summed E-state index contributed by atoms with van der Waals surface area (Å²) in [5, 5.41) is 7.16. The predicted octanol–water partition coefficient (Wildman–Crippen LogP) is 4.17. The molecule has 1 aromatic carbocycles. The molecule has 0 atom stereocenters. The molecule has 0 saturated heterocycles. The van der Waals surface area contributed by atoms with Crippen LogP contribution >= 0.6 is 23.6 Å². The number of thiophene rings is 1. The van der Waals surface area contributed by atoms with Gasteiger partial charge in [-0.25, -0.2) is 9.18 Å². The van der Waals surface area contributed by atoms with Crippen LogP contribution in [0, 0.1) is 19.7 Å². The molecule has 2 rings (SSSR count). The van der Waals surface area contributed by atoms with Crippen molar-refractivity contribution in [1.29, 1.82) is 0 Å². The second kappa shape index (κ2) is 8.21. The molecule has 7 heteroatoms. The Morgan fingerprint density at radius 3 is 2.58 bits per heavy atom. The third kappa shape index (κ3) is 4.52. The number of nitrogens with one attached hydrogen (secondary N) is 2. The number of esters is 1. The van der Waals surface area contributed by atoms with Gasteiger partial charge >= 0.3 is 5.97 Å². The minimum atomic E-state index is -0.358. The van der Waals surface area contributed by atoms with Crippen molar-refractivity contribution >= 4 is 39.6 Å². The minimum Gasteiger partial charge on any atom is -0.462 e. The molecule has 0 radical (unpaired) electrons. The zero-order valence-corrected chi connectivity index (χ0v) is 15.4. The molecular weight excluding hydrogens is 347 g/mol. The van der Waals surface area contributed by atoms with E-state index in [-0.39, 0.29) is 11.8 Å². The Morgan fingerprint density at radius 1 is 1.29 bits per heavy atom. The normalized spacial score (nSPS) is 10.3. The Morgan fingerprint density at radius 2 is 1.96 bits per heavy atom. The van der Waals surface area contributed by atoms with Crippen molar-refractivity contribution in [2.75, 3.05) is 11.9 Å². The van der Waals surface area contributed by atoms with Crippen LogP contribution < -0.4 is 10.6 Å². The number of hydrogen-bond acceptors (Lipinski definition) is 4. The van der Waals surface area contributed by atoms with Gasteiger partial charge in [-0.05, 0) is 56.2 Å². The second-order valence-corrected chi connectivity index (χ2v) is 6.77. The molecular formula is C17H19FN2O2S2. The zero-order chi connectivity index (χ0) is 17.7. The third-order valence-electron chi connectivity index (χ3n) is 3.46. The SMILES string of the molecule is CCOC(=O)c1c(NC(=S)NCc2ccc(F)cc2)sc(C)c1C. The lowest BCUT2D eigenvalue weighted by atomic mass is 10.1. The van der Waals surface area contributed by atoms with Gasteiger partial charge in [0.1, 0.15) is 10.8 Å². The third-order valence-corrected chi connectivity index (χ3v) is 4.83. The Kier molecular flexibility index (Phi) is 6.28. The lowest BCUT2D eigenvalue weighted by Gasteiger charge is -2.11. The van der Waals surface area contributed by atoms with Crippen molar-refractivity contribution in [3.63, 3.8) is 0 Å². The molecule has 0 unspecified atom stereocenters. The van der Waals surface area contributed by atoms with Gasteiger partial charge in [0.15, 0.2) is 5.11 Å². The predicted molar refractivity (Wildman–Crippen MR) is 99.2 cm³/mol. The quantitative estimate of drug-likeness (QED) is 0.614. The van der Waals surface area contributed by atoms with E-state index in [1.54, 1.807) is 19.1 Å². The van der Waals surface area contributed by atoms with Crippen LogP contribution in [0.5, 0.6) is 0 Å². The molecule has 128 valence electrons. The fraction of sp³-hybridized carbons (Fsp3) is 0.294. The second-order valence-electron chi connectivity index (χ2n) is 5.14. The molecule has 2 aromatic rings. The van der Waals surface area contributed by atoms with Crippen LogP contribution in [0.3, 0.4) is 0 Å². The number of hydrogen-bond donors (Lipinski definition) is 2. The topological polar surface area (TPSA) is 50.4 Å². The number of aryl methyl sites for hydroxylation is 1. The summed E-state index contributed by atoms with van der Waals surface area (Å²) in [6.45, 7) is 6.39. The summed E-state index contributed by atoms with van der Waals surface area (Å²) < 4.78 is 18.0. The number of thiocarbonyl (C=S) groups is 1. The van der Waals surface area contributed by atoms with Crippen LogP contribution in [0.4, 0.5) is 9.39 Å². The molecule has 0 aliphatic heterocycles. The summed E-state index contributed by atoms with van der Waals surface area (Å²) in [5.41, 5.74) is 2.32. The monoisotopic (exact) mass is 366 g/mol. The number of halogens is 1. The van der Waals surface area contributed by atoms with E-state index >= 15 is 0 Å². The number of benzene rings is 1. The smallest absolute Gasteiger partial charge is 0.341 e. The van der Waals surface area contributed by atoms with Gasteiger partial charge in [0, 0.05) is 11.4 Å². The molecule has 0 saturated carbocycles. The number of carbonyl (C=O) groups excluding carboxylic acids is 1. The van der Waals surface area contributed by atoms with Crippen LogP contribution in [0.2, 0.25) is 0 Å². The Balaban J connectivity index is 2.04.